The van der Waals surface area contributed by atoms with E-state index in [0.29, 0.717) is 10.8 Å². The Kier molecular flexibility index (Phi) is 4.69. The van der Waals surface area contributed by atoms with Crippen LogP contribution in [0.5, 0.6) is 11.5 Å². The summed E-state index contributed by atoms with van der Waals surface area (Å²) >= 11 is 9.10. The van der Waals surface area contributed by atoms with E-state index < -0.39 is 5.82 Å². The van der Waals surface area contributed by atoms with Crippen molar-refractivity contribution in [2.24, 2.45) is 10.9 Å². The second-order valence-electron chi connectivity index (χ2n) is 4.26. The molecular weight excluding hydrogens is 363 g/mol. The number of oxime groups is 1. The van der Waals surface area contributed by atoms with Crippen molar-refractivity contribution >= 4 is 33.4 Å². The van der Waals surface area contributed by atoms with Gasteiger partial charge in [-0.2, -0.15) is 0 Å². The Labute approximate surface area is 134 Å². The molecule has 0 bridgehead atoms. The number of halogens is 3. The van der Waals surface area contributed by atoms with Crippen LogP contribution in [0.15, 0.2) is 40.0 Å². The van der Waals surface area contributed by atoms with E-state index in [9.17, 15) is 4.39 Å². The standard InChI is InChI=1S/C14H11BrClFN2O2/c1-7-2-4-10(9(16)6-7)21-11-5-3-8(14(18)19-20)12(15)13(11)17/h2-6,20H,1H3,(H2,18,19). The SMILES string of the molecule is Cc1ccc(Oc2ccc(/C(N)=N/O)c(Br)c2F)c(Cl)c1. The summed E-state index contributed by atoms with van der Waals surface area (Å²) < 4.78 is 19.8. The number of nitrogens with two attached hydrogens (primary N) is 1. The molecule has 0 saturated heterocycles. The van der Waals surface area contributed by atoms with E-state index in [1.807, 2.05) is 6.92 Å². The molecule has 0 unspecified atom stereocenters. The van der Waals surface area contributed by atoms with Crippen LogP contribution in [0.25, 0.3) is 0 Å². The zero-order valence-corrected chi connectivity index (χ0v) is 13.2. The summed E-state index contributed by atoms with van der Waals surface area (Å²) in [6.07, 6.45) is 0. The molecule has 0 aliphatic heterocycles. The van der Waals surface area contributed by atoms with E-state index in [-0.39, 0.29) is 21.6 Å². The highest BCUT2D eigenvalue weighted by Gasteiger charge is 2.16. The summed E-state index contributed by atoms with van der Waals surface area (Å²) in [6, 6.07) is 8.03. The number of nitrogens with zero attached hydrogens (tertiary/aromatic N) is 1. The normalized spacial score (nSPS) is 11.5. The molecule has 0 amide bonds. The first-order chi connectivity index (χ1) is 9.93. The van der Waals surface area contributed by atoms with Crippen LogP contribution >= 0.6 is 27.5 Å². The van der Waals surface area contributed by atoms with Gasteiger partial charge in [-0.15, -0.1) is 0 Å². The molecule has 110 valence electrons. The number of rotatable bonds is 3. The van der Waals surface area contributed by atoms with E-state index in [1.165, 1.54) is 12.1 Å². The molecule has 21 heavy (non-hydrogen) atoms. The zero-order chi connectivity index (χ0) is 15.6. The van der Waals surface area contributed by atoms with E-state index in [4.69, 9.17) is 27.3 Å². The number of hydrogen-bond donors (Lipinski definition) is 2. The highest BCUT2D eigenvalue weighted by Crippen LogP contribution is 2.34. The van der Waals surface area contributed by atoms with Crippen LogP contribution in [0, 0.1) is 12.7 Å². The predicted octanol–water partition coefficient (Wildman–Crippen LogP) is 4.44. The summed E-state index contributed by atoms with van der Waals surface area (Å²) in [6.45, 7) is 1.89. The van der Waals surface area contributed by atoms with Crippen molar-refractivity contribution in [3.8, 4) is 11.5 Å². The van der Waals surface area contributed by atoms with Crippen LogP contribution in [0.1, 0.15) is 11.1 Å². The van der Waals surface area contributed by atoms with Crippen molar-refractivity contribution in [3.05, 3.63) is 56.8 Å². The molecular formula is C14H11BrClFN2O2. The number of hydrogen-bond acceptors (Lipinski definition) is 3. The molecule has 0 aliphatic rings. The molecule has 0 aliphatic carbocycles. The van der Waals surface area contributed by atoms with Crippen molar-refractivity contribution in [2.75, 3.05) is 0 Å². The predicted molar refractivity (Wildman–Crippen MR) is 82.9 cm³/mol. The summed E-state index contributed by atoms with van der Waals surface area (Å²) in [5.74, 6) is -0.567. The molecule has 4 nitrogen and oxygen atoms in total. The lowest BCUT2D eigenvalue weighted by Crippen LogP contribution is -2.14. The van der Waals surface area contributed by atoms with Gasteiger partial charge in [-0.25, -0.2) is 4.39 Å². The maximum Gasteiger partial charge on any atom is 0.180 e. The maximum atomic E-state index is 14.2. The largest absolute Gasteiger partial charge is 0.453 e. The van der Waals surface area contributed by atoms with Crippen LogP contribution in [-0.4, -0.2) is 11.0 Å². The Hall–Kier alpha value is -1.79. The lowest BCUT2D eigenvalue weighted by atomic mass is 10.2. The van der Waals surface area contributed by atoms with Crippen molar-refractivity contribution in [1.29, 1.82) is 0 Å². The van der Waals surface area contributed by atoms with Gasteiger partial charge in [0.2, 0.25) is 0 Å². The fourth-order valence-electron chi connectivity index (χ4n) is 1.67. The topological polar surface area (TPSA) is 67.8 Å². The third-order valence-electron chi connectivity index (χ3n) is 2.74. The number of benzene rings is 2. The van der Waals surface area contributed by atoms with Crippen molar-refractivity contribution < 1.29 is 14.3 Å². The van der Waals surface area contributed by atoms with E-state index in [0.717, 1.165) is 5.56 Å². The van der Waals surface area contributed by atoms with Gasteiger partial charge in [-0.05, 0) is 52.7 Å². The number of amidine groups is 1. The van der Waals surface area contributed by atoms with Crippen LogP contribution in [0.4, 0.5) is 4.39 Å². The Morgan fingerprint density at radius 3 is 2.62 bits per heavy atom. The van der Waals surface area contributed by atoms with E-state index >= 15 is 0 Å². The minimum absolute atomic E-state index is 0.0258. The monoisotopic (exact) mass is 372 g/mol. The van der Waals surface area contributed by atoms with Gasteiger partial charge in [0.1, 0.15) is 5.75 Å². The second kappa shape index (κ2) is 6.32. The molecule has 0 spiro atoms. The van der Waals surface area contributed by atoms with Crippen molar-refractivity contribution in [3.63, 3.8) is 0 Å². The first-order valence-electron chi connectivity index (χ1n) is 5.84. The molecule has 2 rings (SSSR count). The lowest BCUT2D eigenvalue weighted by molar-refractivity contribution is 0.318. The van der Waals surface area contributed by atoms with Gasteiger partial charge in [-0.1, -0.05) is 22.8 Å². The second-order valence-corrected chi connectivity index (χ2v) is 5.46. The highest BCUT2D eigenvalue weighted by molar-refractivity contribution is 9.10. The minimum Gasteiger partial charge on any atom is -0.453 e. The molecule has 0 radical (unpaired) electrons. The first kappa shape index (κ1) is 15.6. The Balaban J connectivity index is 2.40. The fraction of sp³-hybridized carbons (Fsp3) is 0.0714. The highest BCUT2D eigenvalue weighted by atomic mass is 79.9. The molecule has 7 heteroatoms. The van der Waals surface area contributed by atoms with Crippen molar-refractivity contribution in [1.82, 2.24) is 0 Å². The van der Waals surface area contributed by atoms with Crippen LogP contribution < -0.4 is 10.5 Å². The van der Waals surface area contributed by atoms with Gasteiger partial charge in [0.05, 0.1) is 9.50 Å². The van der Waals surface area contributed by atoms with E-state index in [1.54, 1.807) is 18.2 Å². The molecule has 2 aromatic rings. The quantitative estimate of drug-likeness (QED) is 0.362. The van der Waals surface area contributed by atoms with Gasteiger partial charge < -0.3 is 15.7 Å². The van der Waals surface area contributed by atoms with Crippen LogP contribution in [-0.2, 0) is 0 Å². The summed E-state index contributed by atoms with van der Waals surface area (Å²) in [4.78, 5) is 0. The lowest BCUT2D eigenvalue weighted by Gasteiger charge is -2.11. The van der Waals surface area contributed by atoms with Crippen molar-refractivity contribution in [2.45, 2.75) is 6.92 Å². The molecule has 0 aromatic heterocycles. The molecule has 0 saturated carbocycles. The zero-order valence-electron chi connectivity index (χ0n) is 10.9. The molecule has 0 fully saturated rings. The summed E-state index contributed by atoms with van der Waals surface area (Å²) in [5, 5.41) is 11.9. The van der Waals surface area contributed by atoms with Gasteiger partial charge in [0, 0.05) is 5.56 Å². The Morgan fingerprint density at radius 1 is 1.33 bits per heavy atom. The summed E-state index contributed by atoms with van der Waals surface area (Å²) in [7, 11) is 0. The molecule has 0 atom stereocenters. The fourth-order valence-corrected chi connectivity index (χ4v) is 2.47. The number of aryl methyl sites for hydroxylation is 1. The molecule has 0 heterocycles. The van der Waals surface area contributed by atoms with Crippen LogP contribution in [0.3, 0.4) is 0 Å². The minimum atomic E-state index is -0.671. The third kappa shape index (κ3) is 3.28. The molecule has 3 N–H and O–H groups in total. The smallest absolute Gasteiger partial charge is 0.180 e. The third-order valence-corrected chi connectivity index (χ3v) is 3.81. The molecule has 2 aromatic carbocycles. The van der Waals surface area contributed by atoms with Crippen LogP contribution in [0.2, 0.25) is 5.02 Å². The summed E-state index contributed by atoms with van der Waals surface area (Å²) in [5.41, 5.74) is 6.64. The van der Waals surface area contributed by atoms with E-state index in [2.05, 4.69) is 21.1 Å². The van der Waals surface area contributed by atoms with Gasteiger partial charge in [-0.3, -0.25) is 0 Å². The average Bonchev–Trinajstić information content (AvgIpc) is 2.46. The number of ether oxygens (including phenoxy) is 1. The Morgan fingerprint density at radius 2 is 2.00 bits per heavy atom. The Bertz CT molecular complexity index is 722. The van der Waals surface area contributed by atoms with Gasteiger partial charge in [0.25, 0.3) is 0 Å². The average molecular weight is 374 g/mol. The first-order valence-corrected chi connectivity index (χ1v) is 7.01. The maximum absolute atomic E-state index is 14.2. The van der Waals surface area contributed by atoms with Gasteiger partial charge in [0.15, 0.2) is 17.4 Å². The van der Waals surface area contributed by atoms with Gasteiger partial charge >= 0.3 is 0 Å².